The molecule has 3 nitrogen and oxygen atoms in total. The van der Waals surface area contributed by atoms with Crippen LogP contribution in [0.15, 0.2) is 28.0 Å². The molecule has 0 atom stereocenters. The van der Waals surface area contributed by atoms with E-state index in [2.05, 4.69) is 29.8 Å². The monoisotopic (exact) mass is 268 g/mol. The molecule has 1 aromatic rings. The van der Waals surface area contributed by atoms with Crippen molar-refractivity contribution in [1.82, 2.24) is 5.32 Å². The minimum absolute atomic E-state index is 0.144. The van der Waals surface area contributed by atoms with Crippen molar-refractivity contribution in [2.24, 2.45) is 0 Å². The van der Waals surface area contributed by atoms with Gasteiger partial charge in [0.15, 0.2) is 0 Å². The summed E-state index contributed by atoms with van der Waals surface area (Å²) in [6.07, 6.45) is 2.07. The average Bonchev–Trinajstić information content (AvgIpc) is 2.37. The van der Waals surface area contributed by atoms with Crippen LogP contribution in [-0.2, 0) is 4.79 Å². The summed E-state index contributed by atoms with van der Waals surface area (Å²) in [5.74, 6) is 1.12. The van der Waals surface area contributed by atoms with Crippen LogP contribution in [0.2, 0.25) is 0 Å². The highest BCUT2D eigenvalue weighted by Crippen LogP contribution is 2.37. The largest absolute Gasteiger partial charge is 0.311 e. The Kier molecular flexibility index (Phi) is 4.36. The molecule has 0 bridgehead atoms. The number of likely N-dealkylation sites (N-methyl/N-ethyl adjacent to an activating group) is 1. The molecule has 0 saturated heterocycles. The molecule has 0 radical (unpaired) electrons. The summed E-state index contributed by atoms with van der Waals surface area (Å²) in [5, 5.41) is 2.92. The standard InChI is InChI=1S/C12H16N2OS2/c1-13-8-12(15)14-5-6-17-11-7-9(16-2)3-4-10(11)14/h3-4,7,13H,5-6,8H2,1-2H3. The molecular formula is C12H16N2OS2. The first-order valence-electron chi connectivity index (χ1n) is 5.52. The lowest BCUT2D eigenvalue weighted by atomic mass is 10.2. The summed E-state index contributed by atoms with van der Waals surface area (Å²) in [6.45, 7) is 1.20. The zero-order valence-electron chi connectivity index (χ0n) is 10.0. The van der Waals surface area contributed by atoms with Gasteiger partial charge in [0.25, 0.3) is 0 Å². The van der Waals surface area contributed by atoms with Crippen LogP contribution in [-0.4, -0.2) is 38.1 Å². The lowest BCUT2D eigenvalue weighted by Crippen LogP contribution is -2.40. The highest BCUT2D eigenvalue weighted by Gasteiger charge is 2.22. The van der Waals surface area contributed by atoms with Gasteiger partial charge in [-0.25, -0.2) is 0 Å². The number of carbonyl (C=O) groups is 1. The topological polar surface area (TPSA) is 32.3 Å². The average molecular weight is 268 g/mol. The van der Waals surface area contributed by atoms with E-state index >= 15 is 0 Å². The molecule has 0 unspecified atom stereocenters. The lowest BCUT2D eigenvalue weighted by Gasteiger charge is -2.29. The second kappa shape index (κ2) is 5.80. The van der Waals surface area contributed by atoms with Gasteiger partial charge in [-0.3, -0.25) is 4.79 Å². The zero-order chi connectivity index (χ0) is 12.3. The van der Waals surface area contributed by atoms with E-state index < -0.39 is 0 Å². The summed E-state index contributed by atoms with van der Waals surface area (Å²) < 4.78 is 0. The summed E-state index contributed by atoms with van der Waals surface area (Å²) in [6, 6.07) is 6.30. The number of thioether (sulfide) groups is 2. The molecule has 0 spiro atoms. The summed E-state index contributed by atoms with van der Waals surface area (Å²) >= 11 is 3.56. The Bertz CT molecular complexity index is 423. The van der Waals surface area contributed by atoms with Gasteiger partial charge in [-0.15, -0.1) is 23.5 Å². The fourth-order valence-electron chi connectivity index (χ4n) is 1.83. The quantitative estimate of drug-likeness (QED) is 0.851. The van der Waals surface area contributed by atoms with Crippen molar-refractivity contribution in [2.75, 3.05) is 37.0 Å². The number of rotatable bonds is 3. The number of hydrogen-bond donors (Lipinski definition) is 1. The number of carbonyl (C=O) groups excluding carboxylic acids is 1. The third kappa shape index (κ3) is 2.78. The van der Waals surface area contributed by atoms with Crippen LogP contribution in [0, 0.1) is 0 Å². The Morgan fingerprint density at radius 1 is 1.59 bits per heavy atom. The van der Waals surface area contributed by atoms with E-state index in [1.165, 1.54) is 9.79 Å². The summed E-state index contributed by atoms with van der Waals surface area (Å²) in [7, 11) is 1.80. The van der Waals surface area contributed by atoms with Crippen molar-refractivity contribution in [3.8, 4) is 0 Å². The van der Waals surface area contributed by atoms with E-state index in [0.29, 0.717) is 6.54 Å². The van der Waals surface area contributed by atoms with Gasteiger partial charge < -0.3 is 10.2 Å². The van der Waals surface area contributed by atoms with Crippen molar-refractivity contribution in [3.63, 3.8) is 0 Å². The molecule has 0 saturated carbocycles. The predicted octanol–water partition coefficient (Wildman–Crippen LogP) is 2.07. The number of nitrogens with one attached hydrogen (secondary N) is 1. The molecule has 1 N–H and O–H groups in total. The maximum atomic E-state index is 12.0. The van der Waals surface area contributed by atoms with Crippen LogP contribution in [0.25, 0.3) is 0 Å². The van der Waals surface area contributed by atoms with Gasteiger partial charge in [0.2, 0.25) is 5.91 Å². The van der Waals surface area contributed by atoms with Crippen LogP contribution in [0.5, 0.6) is 0 Å². The number of hydrogen-bond acceptors (Lipinski definition) is 4. The third-order valence-corrected chi connectivity index (χ3v) is 4.41. The molecule has 0 fully saturated rings. The van der Waals surface area contributed by atoms with Gasteiger partial charge in [-0.2, -0.15) is 0 Å². The maximum Gasteiger partial charge on any atom is 0.240 e. The molecule has 1 amide bonds. The zero-order valence-corrected chi connectivity index (χ0v) is 11.7. The fraction of sp³-hybridized carbons (Fsp3) is 0.417. The van der Waals surface area contributed by atoms with E-state index in [1.54, 1.807) is 18.8 Å². The van der Waals surface area contributed by atoms with E-state index in [9.17, 15) is 4.79 Å². The molecule has 92 valence electrons. The Balaban J connectivity index is 2.28. The highest BCUT2D eigenvalue weighted by atomic mass is 32.2. The normalized spacial score (nSPS) is 14.6. The Labute approximate surface area is 110 Å². The van der Waals surface area contributed by atoms with Crippen molar-refractivity contribution >= 4 is 35.1 Å². The van der Waals surface area contributed by atoms with Crippen molar-refractivity contribution in [2.45, 2.75) is 9.79 Å². The highest BCUT2D eigenvalue weighted by molar-refractivity contribution is 8.00. The van der Waals surface area contributed by atoms with Gasteiger partial charge in [-0.05, 0) is 31.5 Å². The van der Waals surface area contributed by atoms with Crippen LogP contribution in [0.4, 0.5) is 5.69 Å². The van der Waals surface area contributed by atoms with Crippen molar-refractivity contribution in [3.05, 3.63) is 18.2 Å². The minimum atomic E-state index is 0.144. The number of nitrogens with zero attached hydrogens (tertiary/aromatic N) is 1. The van der Waals surface area contributed by atoms with Crippen molar-refractivity contribution in [1.29, 1.82) is 0 Å². The molecular weight excluding hydrogens is 252 g/mol. The molecule has 1 aromatic carbocycles. The lowest BCUT2D eigenvalue weighted by molar-refractivity contribution is -0.117. The number of benzene rings is 1. The molecule has 2 rings (SSSR count). The van der Waals surface area contributed by atoms with Gasteiger partial charge in [0, 0.05) is 22.1 Å². The van der Waals surface area contributed by atoms with Gasteiger partial charge in [0.05, 0.1) is 12.2 Å². The van der Waals surface area contributed by atoms with Gasteiger partial charge in [-0.1, -0.05) is 0 Å². The molecule has 0 aliphatic carbocycles. The number of amides is 1. The van der Waals surface area contributed by atoms with Crippen LogP contribution < -0.4 is 10.2 Å². The number of fused-ring (bicyclic) bond motifs is 1. The summed E-state index contributed by atoms with van der Waals surface area (Å²) in [5.41, 5.74) is 1.05. The first-order valence-corrected chi connectivity index (χ1v) is 7.73. The SMILES string of the molecule is CNCC(=O)N1CCSc2cc(SC)ccc21. The maximum absolute atomic E-state index is 12.0. The summed E-state index contributed by atoms with van der Waals surface area (Å²) in [4.78, 5) is 16.3. The fourth-order valence-corrected chi connectivity index (χ4v) is 3.38. The molecule has 5 heteroatoms. The Morgan fingerprint density at radius 3 is 3.12 bits per heavy atom. The predicted molar refractivity (Wildman–Crippen MR) is 75.2 cm³/mol. The van der Waals surface area contributed by atoms with Crippen LogP contribution >= 0.6 is 23.5 Å². The van der Waals surface area contributed by atoms with Crippen LogP contribution in [0.3, 0.4) is 0 Å². The van der Waals surface area contributed by atoms with Crippen LogP contribution in [0.1, 0.15) is 0 Å². The molecule has 17 heavy (non-hydrogen) atoms. The Morgan fingerprint density at radius 2 is 2.41 bits per heavy atom. The third-order valence-electron chi connectivity index (χ3n) is 2.66. The van der Waals surface area contributed by atoms with Gasteiger partial charge in [0.1, 0.15) is 0 Å². The number of anilines is 1. The van der Waals surface area contributed by atoms with Crippen molar-refractivity contribution < 1.29 is 4.79 Å². The Hall–Kier alpha value is -0.650. The minimum Gasteiger partial charge on any atom is -0.311 e. The smallest absolute Gasteiger partial charge is 0.240 e. The molecule has 1 aliphatic rings. The second-order valence-electron chi connectivity index (χ2n) is 3.76. The first-order chi connectivity index (χ1) is 8.26. The second-order valence-corrected chi connectivity index (χ2v) is 5.77. The molecule has 1 aliphatic heterocycles. The van der Waals surface area contributed by atoms with E-state index in [4.69, 9.17) is 0 Å². The van der Waals surface area contributed by atoms with E-state index in [0.717, 1.165) is 18.0 Å². The first kappa shape index (κ1) is 12.8. The van der Waals surface area contributed by atoms with E-state index in [1.807, 2.05) is 16.7 Å². The molecule has 0 aromatic heterocycles. The van der Waals surface area contributed by atoms with Gasteiger partial charge >= 0.3 is 0 Å². The van der Waals surface area contributed by atoms with E-state index in [-0.39, 0.29) is 5.91 Å². The molecule has 1 heterocycles.